The van der Waals surface area contributed by atoms with E-state index in [2.05, 4.69) is 31.2 Å². The maximum absolute atomic E-state index is 12.1. The second-order valence-corrected chi connectivity index (χ2v) is 5.15. The smallest absolute Gasteiger partial charge is 0.343 e. The van der Waals surface area contributed by atoms with Crippen molar-refractivity contribution >= 4 is 5.97 Å². The van der Waals surface area contributed by atoms with Gasteiger partial charge in [-0.3, -0.25) is 0 Å². The maximum Gasteiger partial charge on any atom is 0.343 e. The Morgan fingerprint density at radius 3 is 1.62 bits per heavy atom. The lowest BCUT2D eigenvalue weighted by atomic mass is 10.0. The number of carbonyl (C=O) groups is 1. The lowest BCUT2D eigenvalue weighted by Crippen LogP contribution is -2.08. The maximum atomic E-state index is 12.1. The van der Waals surface area contributed by atoms with E-state index in [1.807, 2.05) is 58.0 Å². The van der Waals surface area contributed by atoms with Crippen LogP contribution in [0.1, 0.15) is 43.6 Å². The van der Waals surface area contributed by atoms with Crippen LogP contribution in [0.2, 0.25) is 0 Å². The molecular formula is C24H28O2. The first-order valence-electron chi connectivity index (χ1n) is 9.17. The van der Waals surface area contributed by atoms with Crippen molar-refractivity contribution in [3.05, 3.63) is 90.0 Å². The Labute approximate surface area is 157 Å². The van der Waals surface area contributed by atoms with Gasteiger partial charge in [-0.05, 0) is 42.3 Å². The fourth-order valence-electron chi connectivity index (χ4n) is 2.20. The third-order valence-electron chi connectivity index (χ3n) is 3.46. The van der Waals surface area contributed by atoms with Gasteiger partial charge in [0.25, 0.3) is 0 Å². The summed E-state index contributed by atoms with van der Waals surface area (Å²) in [6.07, 6.45) is 0. The number of para-hydroxylation sites is 1. The van der Waals surface area contributed by atoms with Gasteiger partial charge in [0.05, 0.1) is 5.56 Å². The van der Waals surface area contributed by atoms with Gasteiger partial charge >= 0.3 is 5.97 Å². The van der Waals surface area contributed by atoms with Gasteiger partial charge in [0, 0.05) is 0 Å². The van der Waals surface area contributed by atoms with Crippen molar-refractivity contribution in [3.8, 4) is 16.9 Å². The van der Waals surface area contributed by atoms with Crippen LogP contribution in [0.15, 0.2) is 78.9 Å². The molecule has 0 bridgehead atoms. The highest BCUT2D eigenvalue weighted by Crippen LogP contribution is 2.21. The first-order valence-corrected chi connectivity index (χ1v) is 9.17. The Balaban J connectivity index is 0.000000791. The van der Waals surface area contributed by atoms with Crippen LogP contribution in [0.5, 0.6) is 5.75 Å². The number of ether oxygens (including phenoxy) is 1. The predicted molar refractivity (Wildman–Crippen MR) is 111 cm³/mol. The van der Waals surface area contributed by atoms with Crippen molar-refractivity contribution in [2.75, 3.05) is 0 Å². The molecule has 0 aliphatic rings. The summed E-state index contributed by atoms with van der Waals surface area (Å²) in [5.74, 6) is 0.205. The Bertz CT molecular complexity index is 758. The molecule has 3 rings (SSSR count). The summed E-state index contributed by atoms with van der Waals surface area (Å²) >= 11 is 0. The van der Waals surface area contributed by atoms with E-state index >= 15 is 0 Å². The monoisotopic (exact) mass is 348 g/mol. The molecule has 0 spiro atoms. The SMILES string of the molecule is CC.CC.Cc1ccc(-c2ccc(C(=O)Oc3ccccc3)cc2)cc1. The molecule has 2 nitrogen and oxygen atoms in total. The van der Waals surface area contributed by atoms with E-state index in [-0.39, 0.29) is 5.97 Å². The topological polar surface area (TPSA) is 26.3 Å². The molecule has 26 heavy (non-hydrogen) atoms. The van der Waals surface area contributed by atoms with E-state index in [0.29, 0.717) is 11.3 Å². The van der Waals surface area contributed by atoms with Crippen molar-refractivity contribution in [1.29, 1.82) is 0 Å². The third-order valence-corrected chi connectivity index (χ3v) is 3.46. The van der Waals surface area contributed by atoms with E-state index in [4.69, 9.17) is 4.74 Å². The minimum Gasteiger partial charge on any atom is -0.423 e. The second-order valence-electron chi connectivity index (χ2n) is 5.15. The molecule has 0 atom stereocenters. The van der Waals surface area contributed by atoms with Crippen LogP contribution in [-0.2, 0) is 0 Å². The molecule has 0 N–H and O–H groups in total. The molecule has 0 radical (unpaired) electrons. The van der Waals surface area contributed by atoms with Gasteiger partial charge in [0.1, 0.15) is 5.75 Å². The molecular weight excluding hydrogens is 320 g/mol. The largest absolute Gasteiger partial charge is 0.423 e. The summed E-state index contributed by atoms with van der Waals surface area (Å²) in [5, 5.41) is 0. The molecule has 0 aliphatic heterocycles. The van der Waals surface area contributed by atoms with E-state index in [0.717, 1.165) is 11.1 Å². The van der Waals surface area contributed by atoms with Crippen LogP contribution in [0.25, 0.3) is 11.1 Å². The van der Waals surface area contributed by atoms with Crippen molar-refractivity contribution in [2.24, 2.45) is 0 Å². The lowest BCUT2D eigenvalue weighted by Gasteiger charge is -2.06. The number of hydrogen-bond acceptors (Lipinski definition) is 2. The van der Waals surface area contributed by atoms with Gasteiger partial charge in [-0.2, -0.15) is 0 Å². The zero-order valence-electron chi connectivity index (χ0n) is 16.3. The molecule has 3 aromatic rings. The van der Waals surface area contributed by atoms with Crippen molar-refractivity contribution in [1.82, 2.24) is 0 Å². The zero-order chi connectivity index (χ0) is 19.4. The quantitative estimate of drug-likeness (QED) is 0.379. The number of esters is 1. The molecule has 0 fully saturated rings. The molecule has 2 heteroatoms. The molecule has 3 aromatic carbocycles. The van der Waals surface area contributed by atoms with Gasteiger partial charge in [-0.15, -0.1) is 0 Å². The van der Waals surface area contributed by atoms with Crippen LogP contribution < -0.4 is 4.74 Å². The summed E-state index contributed by atoms with van der Waals surface area (Å²) in [6, 6.07) is 24.8. The van der Waals surface area contributed by atoms with Crippen LogP contribution in [0.4, 0.5) is 0 Å². The van der Waals surface area contributed by atoms with Crippen LogP contribution in [-0.4, -0.2) is 5.97 Å². The first-order chi connectivity index (χ1) is 12.7. The summed E-state index contributed by atoms with van der Waals surface area (Å²) < 4.78 is 5.32. The normalized spacial score (nSPS) is 9.12. The average molecular weight is 348 g/mol. The minimum absolute atomic E-state index is 0.346. The number of benzene rings is 3. The highest BCUT2D eigenvalue weighted by atomic mass is 16.5. The average Bonchev–Trinajstić information content (AvgIpc) is 2.72. The number of carbonyl (C=O) groups excluding carboxylic acids is 1. The highest BCUT2D eigenvalue weighted by molar-refractivity contribution is 5.91. The molecule has 0 aromatic heterocycles. The lowest BCUT2D eigenvalue weighted by molar-refractivity contribution is 0.0735. The molecule has 0 aliphatic carbocycles. The fourth-order valence-corrected chi connectivity index (χ4v) is 2.20. The standard InChI is InChI=1S/C20H16O2.2C2H6/c1-15-7-9-16(10-8-15)17-11-13-18(14-12-17)20(21)22-19-5-3-2-4-6-19;2*1-2/h2-14H,1H3;2*1-2H3. The van der Waals surface area contributed by atoms with E-state index in [9.17, 15) is 4.79 Å². The zero-order valence-corrected chi connectivity index (χ0v) is 16.3. The van der Waals surface area contributed by atoms with Crippen molar-refractivity contribution in [3.63, 3.8) is 0 Å². The molecule has 0 unspecified atom stereocenters. The highest BCUT2D eigenvalue weighted by Gasteiger charge is 2.08. The fraction of sp³-hybridized carbons (Fsp3) is 0.208. The van der Waals surface area contributed by atoms with Gasteiger partial charge in [0.2, 0.25) is 0 Å². The summed E-state index contributed by atoms with van der Waals surface area (Å²) in [5.41, 5.74) is 3.98. The van der Waals surface area contributed by atoms with Crippen molar-refractivity contribution in [2.45, 2.75) is 34.6 Å². The third kappa shape index (κ3) is 6.21. The van der Waals surface area contributed by atoms with Gasteiger partial charge in [0.15, 0.2) is 0 Å². The minimum atomic E-state index is -0.346. The Morgan fingerprint density at radius 2 is 1.12 bits per heavy atom. The summed E-state index contributed by atoms with van der Waals surface area (Å²) in [4.78, 5) is 12.1. The van der Waals surface area contributed by atoms with E-state index in [1.54, 1.807) is 24.3 Å². The Hall–Kier alpha value is -2.87. The molecule has 136 valence electrons. The van der Waals surface area contributed by atoms with E-state index in [1.165, 1.54) is 5.56 Å². The number of hydrogen-bond donors (Lipinski definition) is 0. The van der Waals surface area contributed by atoms with Crippen LogP contribution >= 0.6 is 0 Å². The summed E-state index contributed by atoms with van der Waals surface area (Å²) in [7, 11) is 0. The Kier molecular flexibility index (Phi) is 9.48. The van der Waals surface area contributed by atoms with Crippen LogP contribution in [0.3, 0.4) is 0 Å². The first kappa shape index (κ1) is 21.2. The summed E-state index contributed by atoms with van der Waals surface area (Å²) in [6.45, 7) is 10.1. The second kappa shape index (κ2) is 11.6. The molecule has 0 saturated heterocycles. The number of rotatable bonds is 3. The van der Waals surface area contributed by atoms with Gasteiger partial charge in [-0.1, -0.05) is 87.9 Å². The Morgan fingerprint density at radius 1 is 0.654 bits per heavy atom. The van der Waals surface area contributed by atoms with E-state index < -0.39 is 0 Å². The van der Waals surface area contributed by atoms with Gasteiger partial charge < -0.3 is 4.74 Å². The van der Waals surface area contributed by atoms with Gasteiger partial charge in [-0.25, -0.2) is 4.79 Å². The van der Waals surface area contributed by atoms with Crippen molar-refractivity contribution < 1.29 is 9.53 Å². The molecule has 0 amide bonds. The van der Waals surface area contributed by atoms with Crippen LogP contribution in [0, 0.1) is 6.92 Å². The molecule has 0 saturated carbocycles. The molecule has 0 heterocycles. The predicted octanol–water partition coefficient (Wildman–Crippen LogP) is 6.93. The number of aryl methyl sites for hydroxylation is 1.